The molecule has 0 N–H and O–H groups in total. The van der Waals surface area contributed by atoms with Gasteiger partial charge >= 0.3 is 0 Å². The molecule has 1 rings (SSSR count). The van der Waals surface area contributed by atoms with Crippen LogP contribution < -0.4 is 0 Å². The number of aromatic nitrogens is 1. The average Bonchev–Trinajstić information content (AvgIpc) is 2.28. The second kappa shape index (κ2) is 10.7. The van der Waals surface area contributed by atoms with Crippen LogP contribution in [-0.2, 0) is 6.42 Å². The molecular weight excluding hydrogens is 194 g/mol. The van der Waals surface area contributed by atoms with Crippen molar-refractivity contribution in [2.45, 2.75) is 61.8 Å². The van der Waals surface area contributed by atoms with Crippen LogP contribution in [0.4, 0.5) is 0 Å². The molecule has 0 bridgehead atoms. The summed E-state index contributed by atoms with van der Waals surface area (Å²) in [5.41, 5.74) is 3.69. The van der Waals surface area contributed by atoms with Crippen LogP contribution in [0.25, 0.3) is 0 Å². The van der Waals surface area contributed by atoms with Crippen molar-refractivity contribution < 1.29 is 0 Å². The highest BCUT2D eigenvalue weighted by Crippen LogP contribution is 2.11. The molecule has 16 heavy (non-hydrogen) atoms. The molecule has 0 aliphatic carbocycles. The third kappa shape index (κ3) is 7.44. The van der Waals surface area contributed by atoms with Gasteiger partial charge in [-0.25, -0.2) is 0 Å². The lowest BCUT2D eigenvalue weighted by atomic mass is 10.0. The van der Waals surface area contributed by atoms with E-state index in [9.17, 15) is 0 Å². The fraction of sp³-hybridized carbons (Fsp3) is 0.667. The predicted molar refractivity (Wildman–Crippen MR) is 74.9 cm³/mol. The lowest BCUT2D eigenvalue weighted by Gasteiger charge is -2.07. The summed E-state index contributed by atoms with van der Waals surface area (Å²) in [7, 11) is 0. The minimum atomic E-state index is 0.693. The Morgan fingerprint density at radius 2 is 1.50 bits per heavy atom. The number of hydrogen-bond donors (Lipinski definition) is 0. The van der Waals surface area contributed by atoms with Crippen molar-refractivity contribution in [1.29, 1.82) is 0 Å². The van der Waals surface area contributed by atoms with E-state index in [0.29, 0.717) is 5.92 Å². The van der Waals surface area contributed by atoms with E-state index in [1.165, 1.54) is 11.3 Å². The molecular formula is C15H29N. The largest absolute Gasteiger partial charge is 0.258 e. The van der Waals surface area contributed by atoms with Crippen molar-refractivity contribution in [3.63, 3.8) is 0 Å². The first kappa shape index (κ1) is 17.5. The van der Waals surface area contributed by atoms with E-state index in [2.05, 4.69) is 37.9 Å². The van der Waals surface area contributed by atoms with Gasteiger partial charge in [-0.1, -0.05) is 47.6 Å². The summed E-state index contributed by atoms with van der Waals surface area (Å²) in [4.78, 5) is 4.51. The minimum Gasteiger partial charge on any atom is -0.258 e. The molecule has 0 spiro atoms. The molecule has 0 fully saturated rings. The summed E-state index contributed by atoms with van der Waals surface area (Å²) in [6, 6.07) is 4.22. The number of nitrogens with zero attached hydrogens (tertiary/aromatic N) is 1. The SMILES string of the molecule is CC.CC.Cc1ccc(C)c(CC(C)C)n1. The zero-order chi connectivity index (χ0) is 13.1. The molecule has 0 radical (unpaired) electrons. The van der Waals surface area contributed by atoms with Crippen LogP contribution in [0.2, 0.25) is 0 Å². The van der Waals surface area contributed by atoms with Gasteiger partial charge in [-0.3, -0.25) is 4.98 Å². The standard InChI is InChI=1S/C11H17N.2C2H6/c1-8(2)7-11-9(3)5-6-10(4)12-11;2*1-2/h5-6,8H,7H2,1-4H3;2*1-2H3. The molecule has 0 amide bonds. The molecule has 94 valence electrons. The molecule has 0 aliphatic rings. The molecule has 0 atom stereocenters. The zero-order valence-corrected chi connectivity index (χ0v) is 12.4. The van der Waals surface area contributed by atoms with Crippen LogP contribution in [0.15, 0.2) is 12.1 Å². The highest BCUT2D eigenvalue weighted by Gasteiger charge is 2.02. The second-order valence-corrected chi connectivity index (χ2v) is 3.81. The Kier molecular flexibility index (Phi) is 11.7. The molecule has 0 saturated heterocycles. The maximum atomic E-state index is 4.51. The van der Waals surface area contributed by atoms with Gasteiger partial charge in [0.1, 0.15) is 0 Å². The quantitative estimate of drug-likeness (QED) is 0.691. The molecule has 0 aromatic carbocycles. The Morgan fingerprint density at radius 3 is 1.94 bits per heavy atom. The summed E-state index contributed by atoms with van der Waals surface area (Å²) in [6.07, 6.45) is 1.09. The van der Waals surface area contributed by atoms with Crippen LogP contribution in [0, 0.1) is 19.8 Å². The lowest BCUT2D eigenvalue weighted by molar-refractivity contribution is 0.631. The Morgan fingerprint density at radius 1 is 1.00 bits per heavy atom. The summed E-state index contributed by atoms with van der Waals surface area (Å²) >= 11 is 0. The van der Waals surface area contributed by atoms with Crippen molar-refractivity contribution in [2.24, 2.45) is 5.92 Å². The smallest absolute Gasteiger partial charge is 0.0438 e. The van der Waals surface area contributed by atoms with Crippen LogP contribution in [-0.4, -0.2) is 4.98 Å². The predicted octanol–water partition coefficient (Wildman–Crippen LogP) is 4.95. The van der Waals surface area contributed by atoms with E-state index < -0.39 is 0 Å². The van der Waals surface area contributed by atoms with E-state index >= 15 is 0 Å². The fourth-order valence-electron chi connectivity index (χ4n) is 1.27. The molecule has 1 aromatic rings. The van der Waals surface area contributed by atoms with Crippen LogP contribution in [0.5, 0.6) is 0 Å². The van der Waals surface area contributed by atoms with Gasteiger partial charge in [0.2, 0.25) is 0 Å². The van der Waals surface area contributed by atoms with Crippen molar-refractivity contribution in [1.82, 2.24) is 4.98 Å². The molecule has 1 heteroatoms. The third-order valence-electron chi connectivity index (χ3n) is 1.94. The minimum absolute atomic E-state index is 0.693. The molecule has 0 unspecified atom stereocenters. The zero-order valence-electron chi connectivity index (χ0n) is 12.4. The van der Waals surface area contributed by atoms with Crippen molar-refractivity contribution >= 4 is 0 Å². The number of aryl methyl sites for hydroxylation is 2. The van der Waals surface area contributed by atoms with Crippen molar-refractivity contribution in [2.75, 3.05) is 0 Å². The van der Waals surface area contributed by atoms with Gasteiger partial charge in [-0.05, 0) is 37.8 Å². The molecule has 1 nitrogen and oxygen atoms in total. The topological polar surface area (TPSA) is 12.9 Å². The highest BCUT2D eigenvalue weighted by atomic mass is 14.7. The van der Waals surface area contributed by atoms with E-state index in [-0.39, 0.29) is 0 Å². The number of pyridine rings is 1. The van der Waals surface area contributed by atoms with Gasteiger partial charge in [0.15, 0.2) is 0 Å². The Labute approximate surface area is 102 Å². The van der Waals surface area contributed by atoms with Crippen molar-refractivity contribution in [3.8, 4) is 0 Å². The van der Waals surface area contributed by atoms with E-state index in [1.54, 1.807) is 0 Å². The van der Waals surface area contributed by atoms with E-state index in [1.807, 2.05) is 34.6 Å². The number of rotatable bonds is 2. The van der Waals surface area contributed by atoms with Gasteiger partial charge < -0.3 is 0 Å². The van der Waals surface area contributed by atoms with E-state index in [4.69, 9.17) is 0 Å². The summed E-state index contributed by atoms with van der Waals surface area (Å²) in [5.74, 6) is 0.693. The molecule has 1 heterocycles. The van der Waals surface area contributed by atoms with E-state index in [0.717, 1.165) is 12.1 Å². The van der Waals surface area contributed by atoms with Crippen molar-refractivity contribution in [3.05, 3.63) is 29.1 Å². The molecule has 1 aromatic heterocycles. The van der Waals surface area contributed by atoms with Crippen LogP contribution in [0.1, 0.15) is 58.5 Å². The Balaban J connectivity index is 0. The van der Waals surface area contributed by atoms with Gasteiger partial charge in [0.25, 0.3) is 0 Å². The van der Waals surface area contributed by atoms with Gasteiger partial charge in [-0.15, -0.1) is 0 Å². The van der Waals surface area contributed by atoms with Gasteiger partial charge in [0, 0.05) is 11.4 Å². The maximum absolute atomic E-state index is 4.51. The Bertz CT molecular complexity index is 264. The average molecular weight is 223 g/mol. The second-order valence-electron chi connectivity index (χ2n) is 3.81. The Hall–Kier alpha value is -0.850. The van der Waals surface area contributed by atoms with Gasteiger partial charge in [-0.2, -0.15) is 0 Å². The third-order valence-corrected chi connectivity index (χ3v) is 1.94. The maximum Gasteiger partial charge on any atom is 0.0438 e. The first-order valence-corrected chi connectivity index (χ1v) is 6.52. The monoisotopic (exact) mass is 223 g/mol. The normalized spacial score (nSPS) is 8.81. The van der Waals surface area contributed by atoms with Crippen LogP contribution in [0.3, 0.4) is 0 Å². The first-order chi connectivity index (χ1) is 7.59. The first-order valence-electron chi connectivity index (χ1n) is 6.52. The highest BCUT2D eigenvalue weighted by molar-refractivity contribution is 5.21. The summed E-state index contributed by atoms with van der Waals surface area (Å²) in [6.45, 7) is 16.6. The van der Waals surface area contributed by atoms with Crippen LogP contribution >= 0.6 is 0 Å². The number of hydrogen-bond acceptors (Lipinski definition) is 1. The summed E-state index contributed by atoms with van der Waals surface area (Å²) < 4.78 is 0. The van der Waals surface area contributed by atoms with Gasteiger partial charge in [0.05, 0.1) is 0 Å². The summed E-state index contributed by atoms with van der Waals surface area (Å²) in [5, 5.41) is 0. The lowest BCUT2D eigenvalue weighted by Crippen LogP contribution is -2.00. The molecule has 0 saturated carbocycles. The fourth-order valence-corrected chi connectivity index (χ4v) is 1.27. The molecule has 0 aliphatic heterocycles.